The minimum Gasteiger partial charge on any atom is -0.409 e. The maximum atomic E-state index is 12.5. The second-order valence-electron chi connectivity index (χ2n) is 7.71. The minimum absolute atomic E-state index is 0.187. The van der Waals surface area contributed by atoms with Gasteiger partial charge in [0.1, 0.15) is 0 Å². The summed E-state index contributed by atoms with van der Waals surface area (Å²) in [5, 5.41) is 10.1. The molecule has 0 spiro atoms. The number of halogens is 1. The smallest absolute Gasteiger partial charge is 0.409 e. The molecule has 2 aromatic rings. The molecule has 28 heavy (non-hydrogen) atoms. The van der Waals surface area contributed by atoms with Gasteiger partial charge in [0, 0.05) is 32.1 Å². The number of ether oxygens (including phenoxy) is 1. The molecule has 1 N–H and O–H groups in total. The van der Waals surface area contributed by atoms with E-state index in [1.807, 2.05) is 18.2 Å². The Hall–Kier alpha value is -2.08. The fourth-order valence-corrected chi connectivity index (χ4v) is 4.30. The second kappa shape index (κ2) is 8.11. The quantitative estimate of drug-likeness (QED) is 0.837. The van der Waals surface area contributed by atoms with Gasteiger partial charge >= 0.3 is 6.09 Å². The Morgan fingerprint density at radius 1 is 1.18 bits per heavy atom. The third-order valence-corrected chi connectivity index (χ3v) is 5.94. The first kappa shape index (κ1) is 19.2. The summed E-state index contributed by atoms with van der Waals surface area (Å²) >= 11 is 6.47. The van der Waals surface area contributed by atoms with E-state index in [4.69, 9.17) is 16.3 Å². The number of aliphatic hydroxyl groups excluding tert-OH is 1. The molecule has 0 bridgehead atoms. The summed E-state index contributed by atoms with van der Waals surface area (Å²) in [7, 11) is 2.13. The number of rotatable bonds is 2. The Bertz CT molecular complexity index is 858. The van der Waals surface area contributed by atoms with Crippen LogP contribution >= 0.6 is 11.6 Å². The van der Waals surface area contributed by atoms with Crippen LogP contribution in [0.15, 0.2) is 42.5 Å². The maximum absolute atomic E-state index is 12.5. The third kappa shape index (κ3) is 4.02. The molecule has 4 rings (SSSR count). The highest BCUT2D eigenvalue weighted by Crippen LogP contribution is 2.37. The first-order valence-corrected chi connectivity index (χ1v) is 10.1. The van der Waals surface area contributed by atoms with E-state index < -0.39 is 12.2 Å². The molecule has 2 aliphatic rings. The lowest BCUT2D eigenvalue weighted by atomic mass is 9.88. The van der Waals surface area contributed by atoms with Crippen LogP contribution in [0.4, 0.5) is 4.79 Å². The molecule has 5 nitrogen and oxygen atoms in total. The summed E-state index contributed by atoms with van der Waals surface area (Å²) in [5.74, 6) is 0.573. The molecule has 1 unspecified atom stereocenters. The Morgan fingerprint density at radius 2 is 1.96 bits per heavy atom. The average molecular weight is 401 g/mol. The molecule has 1 amide bonds. The van der Waals surface area contributed by atoms with Crippen molar-refractivity contribution in [1.29, 1.82) is 0 Å². The van der Waals surface area contributed by atoms with Gasteiger partial charge in [-0.2, -0.15) is 0 Å². The fraction of sp³-hybridized carbons (Fsp3) is 0.409. The van der Waals surface area contributed by atoms with Crippen LogP contribution in [0.3, 0.4) is 0 Å². The van der Waals surface area contributed by atoms with Gasteiger partial charge in [-0.05, 0) is 48.7 Å². The summed E-state index contributed by atoms with van der Waals surface area (Å²) in [6.07, 6.45) is 0.546. The first-order chi connectivity index (χ1) is 13.5. The van der Waals surface area contributed by atoms with Crippen LogP contribution in [0.25, 0.3) is 0 Å². The summed E-state index contributed by atoms with van der Waals surface area (Å²) in [5.41, 5.74) is 3.59. The number of benzene rings is 2. The number of hydrogen-bond acceptors (Lipinski definition) is 4. The highest BCUT2D eigenvalue weighted by Gasteiger charge is 2.28. The van der Waals surface area contributed by atoms with Gasteiger partial charge in [0.05, 0.1) is 11.1 Å². The predicted octanol–water partition coefficient (Wildman–Crippen LogP) is 3.53. The standard InChI is InChI=1S/C22H25ClN2O3/c1-24-9-7-16-11-20(23)21(28-22(27)25-10-8-17(26)13-25)12-18(16)19(14-24)15-5-3-2-4-6-15/h2-6,11-12,17,19,26H,7-10,13-14H2,1H3/t17-,19?/m0/s1. The van der Waals surface area contributed by atoms with Crippen molar-refractivity contribution in [2.45, 2.75) is 24.9 Å². The number of amides is 1. The Balaban J connectivity index is 1.66. The third-order valence-electron chi connectivity index (χ3n) is 5.65. The number of fused-ring (bicyclic) bond motifs is 1. The van der Waals surface area contributed by atoms with Crippen molar-refractivity contribution in [3.05, 3.63) is 64.2 Å². The Kier molecular flexibility index (Phi) is 5.58. The Labute approximate surface area is 170 Å². The van der Waals surface area contributed by atoms with E-state index in [9.17, 15) is 9.90 Å². The van der Waals surface area contributed by atoms with Crippen molar-refractivity contribution in [3.63, 3.8) is 0 Å². The van der Waals surface area contributed by atoms with E-state index in [0.717, 1.165) is 25.1 Å². The molecule has 1 fully saturated rings. The van der Waals surface area contributed by atoms with Gasteiger partial charge in [-0.25, -0.2) is 4.79 Å². The normalized spacial score (nSPS) is 22.6. The summed E-state index contributed by atoms with van der Waals surface area (Å²) in [6, 6.07) is 14.3. The molecule has 2 aromatic carbocycles. The highest BCUT2D eigenvalue weighted by molar-refractivity contribution is 6.32. The van der Waals surface area contributed by atoms with Crippen LogP contribution in [0, 0.1) is 0 Å². The molecule has 0 aromatic heterocycles. The molecule has 148 valence electrons. The van der Waals surface area contributed by atoms with E-state index in [0.29, 0.717) is 30.3 Å². The monoisotopic (exact) mass is 400 g/mol. The van der Waals surface area contributed by atoms with Gasteiger partial charge < -0.3 is 19.6 Å². The van der Waals surface area contributed by atoms with E-state index >= 15 is 0 Å². The fourth-order valence-electron chi connectivity index (χ4n) is 4.08. The molecule has 6 heteroatoms. The number of hydrogen-bond donors (Lipinski definition) is 1. The molecular weight excluding hydrogens is 376 g/mol. The lowest BCUT2D eigenvalue weighted by Crippen LogP contribution is -2.32. The van der Waals surface area contributed by atoms with E-state index in [1.54, 1.807) is 0 Å². The lowest BCUT2D eigenvalue weighted by Gasteiger charge is -2.23. The summed E-state index contributed by atoms with van der Waals surface area (Å²) in [6.45, 7) is 2.65. The number of likely N-dealkylation sites (tertiary alicyclic amines) is 1. The first-order valence-electron chi connectivity index (χ1n) is 9.72. The zero-order valence-corrected chi connectivity index (χ0v) is 16.7. The van der Waals surface area contributed by atoms with Crippen LogP contribution < -0.4 is 4.74 Å². The van der Waals surface area contributed by atoms with E-state index in [-0.39, 0.29) is 5.92 Å². The zero-order valence-electron chi connectivity index (χ0n) is 16.0. The van der Waals surface area contributed by atoms with Gasteiger partial charge in [-0.1, -0.05) is 41.9 Å². The molecule has 0 aliphatic carbocycles. The van der Waals surface area contributed by atoms with Crippen molar-refractivity contribution in [1.82, 2.24) is 9.80 Å². The molecule has 2 atom stereocenters. The molecule has 0 saturated carbocycles. The summed E-state index contributed by atoms with van der Waals surface area (Å²) in [4.78, 5) is 16.3. The Morgan fingerprint density at radius 3 is 2.68 bits per heavy atom. The van der Waals surface area contributed by atoms with Gasteiger partial charge in [0.25, 0.3) is 0 Å². The van der Waals surface area contributed by atoms with Gasteiger partial charge in [0.15, 0.2) is 5.75 Å². The van der Waals surface area contributed by atoms with Crippen LogP contribution in [-0.4, -0.2) is 60.3 Å². The molecule has 2 aliphatic heterocycles. The number of likely N-dealkylation sites (N-methyl/N-ethyl adjacent to an activating group) is 1. The number of carbonyl (C=O) groups is 1. The topological polar surface area (TPSA) is 53.0 Å². The number of nitrogens with zero attached hydrogens (tertiary/aromatic N) is 2. The van der Waals surface area contributed by atoms with Crippen molar-refractivity contribution >= 4 is 17.7 Å². The maximum Gasteiger partial charge on any atom is 0.415 e. The minimum atomic E-state index is -0.479. The van der Waals surface area contributed by atoms with Crippen molar-refractivity contribution in [2.24, 2.45) is 0 Å². The molecular formula is C22H25ClN2O3. The lowest BCUT2D eigenvalue weighted by molar-refractivity contribution is 0.145. The highest BCUT2D eigenvalue weighted by atomic mass is 35.5. The van der Waals surface area contributed by atoms with Crippen LogP contribution in [0.1, 0.15) is 29.0 Å². The number of aliphatic hydroxyl groups is 1. The van der Waals surface area contributed by atoms with E-state index in [1.165, 1.54) is 16.0 Å². The SMILES string of the molecule is CN1CCc2cc(Cl)c(OC(=O)N3CC[C@H](O)C3)cc2C(c2ccccc2)C1. The van der Waals surface area contributed by atoms with Crippen molar-refractivity contribution in [3.8, 4) is 5.75 Å². The van der Waals surface area contributed by atoms with Crippen LogP contribution in [-0.2, 0) is 6.42 Å². The number of carbonyl (C=O) groups excluding carboxylic acids is 1. The average Bonchev–Trinajstić information content (AvgIpc) is 3.06. The van der Waals surface area contributed by atoms with Crippen molar-refractivity contribution < 1.29 is 14.6 Å². The summed E-state index contributed by atoms with van der Waals surface area (Å²) < 4.78 is 5.63. The predicted molar refractivity (Wildman–Crippen MR) is 109 cm³/mol. The van der Waals surface area contributed by atoms with E-state index in [2.05, 4.69) is 36.2 Å². The van der Waals surface area contributed by atoms with Gasteiger partial charge in [-0.15, -0.1) is 0 Å². The largest absolute Gasteiger partial charge is 0.415 e. The van der Waals surface area contributed by atoms with Crippen molar-refractivity contribution in [2.75, 3.05) is 33.2 Å². The molecule has 0 radical (unpaired) electrons. The van der Waals surface area contributed by atoms with Gasteiger partial charge in [0.2, 0.25) is 0 Å². The molecule has 1 saturated heterocycles. The van der Waals surface area contributed by atoms with Crippen LogP contribution in [0.2, 0.25) is 5.02 Å². The second-order valence-corrected chi connectivity index (χ2v) is 8.12. The van der Waals surface area contributed by atoms with Crippen LogP contribution in [0.5, 0.6) is 5.75 Å². The van der Waals surface area contributed by atoms with Gasteiger partial charge in [-0.3, -0.25) is 0 Å². The zero-order chi connectivity index (χ0) is 19.7. The molecule has 2 heterocycles. The number of β-amino-alcohol motifs (C(OH)–C–C–N with tert-alkyl or cyclic N) is 1.